The Balaban J connectivity index is 1.52. The van der Waals surface area contributed by atoms with Gasteiger partial charge < -0.3 is 15.0 Å². The van der Waals surface area contributed by atoms with Crippen molar-refractivity contribution in [2.24, 2.45) is 0 Å². The third-order valence-electron chi connectivity index (χ3n) is 6.34. The fourth-order valence-electron chi connectivity index (χ4n) is 4.77. The Morgan fingerprint density at radius 1 is 1.06 bits per heavy atom. The average molecular weight is 474 g/mol. The molecule has 6 nitrogen and oxygen atoms in total. The van der Waals surface area contributed by atoms with Crippen LogP contribution in [0, 0.1) is 13.8 Å². The van der Waals surface area contributed by atoms with Crippen molar-refractivity contribution in [3.63, 3.8) is 0 Å². The number of aryl methyl sites for hydroxylation is 2. The van der Waals surface area contributed by atoms with E-state index in [1.165, 1.54) is 11.8 Å². The first-order chi connectivity index (χ1) is 16.4. The third kappa shape index (κ3) is 3.70. The summed E-state index contributed by atoms with van der Waals surface area (Å²) in [6.07, 6.45) is 0. The van der Waals surface area contributed by atoms with E-state index in [0.717, 1.165) is 27.9 Å². The monoisotopic (exact) mass is 473 g/mol. The standard InChI is InChI=1S/C27H27N3O3S/c1-18-6-4-7-20(14-18)17-29-24-11-10-19(2)15-23(24)27(25(29)31)30(12-13-34-27)26(32)28-21-8-5-9-22(16-21)33-3/h4-11,14-16H,12-13,17H2,1-3H3,(H,28,32). The lowest BCUT2D eigenvalue weighted by Crippen LogP contribution is -2.51. The second kappa shape index (κ2) is 8.72. The predicted molar refractivity (Wildman–Crippen MR) is 136 cm³/mol. The number of carbonyl (C=O) groups is 2. The van der Waals surface area contributed by atoms with Crippen molar-refractivity contribution in [3.05, 3.63) is 89.0 Å². The van der Waals surface area contributed by atoms with Gasteiger partial charge in [0.2, 0.25) is 0 Å². The first-order valence-electron chi connectivity index (χ1n) is 11.3. The first kappa shape index (κ1) is 22.3. The summed E-state index contributed by atoms with van der Waals surface area (Å²) in [7, 11) is 1.59. The first-order valence-corrected chi connectivity index (χ1v) is 12.3. The fourth-order valence-corrected chi connectivity index (χ4v) is 6.22. The Morgan fingerprint density at radius 2 is 1.85 bits per heavy atom. The van der Waals surface area contributed by atoms with Gasteiger partial charge in [0.15, 0.2) is 4.87 Å². The quantitative estimate of drug-likeness (QED) is 0.559. The molecule has 1 atom stereocenters. The molecule has 1 saturated heterocycles. The zero-order chi connectivity index (χ0) is 23.9. The van der Waals surface area contributed by atoms with Crippen molar-refractivity contribution in [1.82, 2.24) is 4.90 Å². The number of hydrogen-bond acceptors (Lipinski definition) is 4. The zero-order valence-electron chi connectivity index (χ0n) is 19.5. The number of methoxy groups -OCH3 is 1. The topological polar surface area (TPSA) is 61.9 Å². The molecule has 7 heteroatoms. The number of amides is 3. The normalized spacial score (nSPS) is 19.0. The summed E-state index contributed by atoms with van der Waals surface area (Å²) in [6.45, 7) is 5.01. The SMILES string of the molecule is COc1cccc(NC(=O)N2CCSC23C(=O)N(Cc2cccc(C)c2)c2ccc(C)cc23)c1. The van der Waals surface area contributed by atoms with Crippen LogP contribution in [0.5, 0.6) is 5.75 Å². The molecule has 174 valence electrons. The molecule has 2 aliphatic rings. The molecule has 1 fully saturated rings. The van der Waals surface area contributed by atoms with Crippen molar-refractivity contribution >= 4 is 35.1 Å². The van der Waals surface area contributed by atoms with E-state index in [-0.39, 0.29) is 11.9 Å². The largest absolute Gasteiger partial charge is 0.497 e. The molecule has 3 amide bonds. The van der Waals surface area contributed by atoms with Gasteiger partial charge in [-0.3, -0.25) is 9.69 Å². The molecule has 0 saturated carbocycles. The number of nitrogens with one attached hydrogen (secondary N) is 1. The van der Waals surface area contributed by atoms with E-state index in [1.807, 2.05) is 73.3 Å². The molecule has 5 rings (SSSR count). The van der Waals surface area contributed by atoms with Crippen LogP contribution in [0.15, 0.2) is 66.7 Å². The van der Waals surface area contributed by atoms with Crippen molar-refractivity contribution in [1.29, 1.82) is 0 Å². The van der Waals surface area contributed by atoms with Gasteiger partial charge in [0, 0.05) is 29.6 Å². The predicted octanol–water partition coefficient (Wildman–Crippen LogP) is 5.29. The molecule has 3 aromatic rings. The smallest absolute Gasteiger partial charge is 0.323 e. The molecule has 1 unspecified atom stereocenters. The Hall–Kier alpha value is -3.45. The van der Waals surface area contributed by atoms with Crippen molar-refractivity contribution in [2.75, 3.05) is 29.6 Å². The van der Waals surface area contributed by atoms with Crippen molar-refractivity contribution in [2.45, 2.75) is 25.3 Å². The number of fused-ring (bicyclic) bond motifs is 2. The molecule has 0 bridgehead atoms. The van der Waals surface area contributed by atoms with Gasteiger partial charge in [0.1, 0.15) is 5.75 Å². The molecule has 1 N–H and O–H groups in total. The third-order valence-corrected chi connectivity index (χ3v) is 7.76. The van der Waals surface area contributed by atoms with E-state index in [0.29, 0.717) is 30.3 Å². The lowest BCUT2D eigenvalue weighted by Gasteiger charge is -2.33. The van der Waals surface area contributed by atoms with Gasteiger partial charge in [0.05, 0.1) is 19.3 Å². The molecule has 3 aromatic carbocycles. The Labute approximate surface area is 203 Å². The highest BCUT2D eigenvalue weighted by atomic mass is 32.2. The lowest BCUT2D eigenvalue weighted by atomic mass is 10.0. The number of rotatable bonds is 4. The molecule has 0 aromatic heterocycles. The molecule has 0 aliphatic carbocycles. The number of ether oxygens (including phenoxy) is 1. The minimum absolute atomic E-state index is 0.0714. The van der Waals surface area contributed by atoms with Crippen molar-refractivity contribution < 1.29 is 14.3 Å². The maximum absolute atomic E-state index is 14.1. The lowest BCUT2D eigenvalue weighted by molar-refractivity contribution is -0.123. The van der Waals surface area contributed by atoms with E-state index in [4.69, 9.17) is 4.74 Å². The van der Waals surface area contributed by atoms with Gasteiger partial charge in [0.25, 0.3) is 5.91 Å². The highest BCUT2D eigenvalue weighted by molar-refractivity contribution is 8.01. The number of anilines is 2. The van der Waals surface area contributed by atoms with E-state index < -0.39 is 4.87 Å². The van der Waals surface area contributed by atoms with Crippen LogP contribution in [0.4, 0.5) is 16.2 Å². The number of carbonyl (C=O) groups excluding carboxylic acids is 2. The van der Waals surface area contributed by atoms with Gasteiger partial charge in [-0.05, 0) is 37.6 Å². The second-order valence-corrected chi connectivity index (χ2v) is 9.99. The molecule has 0 radical (unpaired) electrons. The summed E-state index contributed by atoms with van der Waals surface area (Å²) in [5.74, 6) is 1.27. The maximum atomic E-state index is 14.1. The molecule has 1 spiro atoms. The summed E-state index contributed by atoms with van der Waals surface area (Å²) in [5, 5.41) is 2.97. The van der Waals surface area contributed by atoms with Gasteiger partial charge in [-0.2, -0.15) is 0 Å². The van der Waals surface area contributed by atoms with Gasteiger partial charge in [-0.25, -0.2) is 4.79 Å². The number of urea groups is 1. The van der Waals surface area contributed by atoms with E-state index in [1.54, 1.807) is 18.1 Å². The van der Waals surface area contributed by atoms with Crippen LogP contribution in [0.25, 0.3) is 0 Å². The summed E-state index contributed by atoms with van der Waals surface area (Å²) >= 11 is 1.53. The zero-order valence-corrected chi connectivity index (χ0v) is 20.3. The van der Waals surface area contributed by atoms with Gasteiger partial charge in [-0.15, -0.1) is 11.8 Å². The second-order valence-electron chi connectivity index (χ2n) is 8.71. The highest BCUT2D eigenvalue weighted by Crippen LogP contribution is 2.54. The Morgan fingerprint density at radius 3 is 2.65 bits per heavy atom. The number of nitrogens with zero attached hydrogens (tertiary/aromatic N) is 2. The van der Waals surface area contributed by atoms with Crippen LogP contribution in [-0.2, 0) is 16.2 Å². The molecular weight excluding hydrogens is 446 g/mol. The summed E-state index contributed by atoms with van der Waals surface area (Å²) < 4.78 is 5.28. The average Bonchev–Trinajstić information content (AvgIpc) is 3.36. The van der Waals surface area contributed by atoms with Crippen molar-refractivity contribution in [3.8, 4) is 5.75 Å². The summed E-state index contributed by atoms with van der Waals surface area (Å²) in [4.78, 5) is 30.1. The number of hydrogen-bond donors (Lipinski definition) is 1. The molecule has 2 aliphatic heterocycles. The van der Waals surface area contributed by atoms with Crippen LogP contribution in [0.3, 0.4) is 0 Å². The van der Waals surface area contributed by atoms with E-state index in [9.17, 15) is 9.59 Å². The Bertz CT molecular complexity index is 1280. The van der Waals surface area contributed by atoms with Crippen LogP contribution < -0.4 is 15.0 Å². The molecule has 2 heterocycles. The minimum atomic E-state index is -1.08. The van der Waals surface area contributed by atoms with Crippen LogP contribution >= 0.6 is 11.8 Å². The van der Waals surface area contributed by atoms with Gasteiger partial charge in [-0.1, -0.05) is 53.6 Å². The van der Waals surface area contributed by atoms with Crippen LogP contribution in [-0.4, -0.2) is 36.2 Å². The summed E-state index contributed by atoms with van der Waals surface area (Å²) in [5.41, 5.74) is 5.65. The van der Waals surface area contributed by atoms with E-state index >= 15 is 0 Å². The minimum Gasteiger partial charge on any atom is -0.497 e. The van der Waals surface area contributed by atoms with Crippen LogP contribution in [0.1, 0.15) is 22.3 Å². The molecule has 34 heavy (non-hydrogen) atoms. The van der Waals surface area contributed by atoms with Crippen LogP contribution in [0.2, 0.25) is 0 Å². The molecular formula is C27H27N3O3S. The maximum Gasteiger partial charge on any atom is 0.323 e. The highest BCUT2D eigenvalue weighted by Gasteiger charge is 2.59. The fraction of sp³-hybridized carbons (Fsp3) is 0.259. The number of thioether (sulfide) groups is 1. The summed E-state index contributed by atoms with van der Waals surface area (Å²) in [6, 6.07) is 21.2. The number of benzene rings is 3. The van der Waals surface area contributed by atoms with E-state index in [2.05, 4.69) is 11.4 Å². The van der Waals surface area contributed by atoms with Gasteiger partial charge >= 0.3 is 6.03 Å². The Kier molecular flexibility index (Phi) is 5.73.